The van der Waals surface area contributed by atoms with Crippen molar-refractivity contribution in [3.8, 4) is 0 Å². The fourth-order valence-corrected chi connectivity index (χ4v) is 2.33. The van der Waals surface area contributed by atoms with Crippen molar-refractivity contribution in [2.75, 3.05) is 25.9 Å². The highest BCUT2D eigenvalue weighted by molar-refractivity contribution is 5.78. The van der Waals surface area contributed by atoms with Crippen molar-refractivity contribution < 1.29 is 4.39 Å². The molecule has 1 aromatic carbocycles. The van der Waals surface area contributed by atoms with Crippen LogP contribution in [0, 0.1) is 11.7 Å². The summed E-state index contributed by atoms with van der Waals surface area (Å²) in [4.78, 5) is 2.24. The van der Waals surface area contributed by atoms with E-state index in [1.807, 2.05) is 0 Å². The van der Waals surface area contributed by atoms with Crippen molar-refractivity contribution in [1.29, 1.82) is 0 Å². The number of halogens is 1. The van der Waals surface area contributed by atoms with E-state index >= 15 is 0 Å². The molecule has 0 bridgehead atoms. The molecule has 0 spiro atoms. The number of anilines is 1. The van der Waals surface area contributed by atoms with Gasteiger partial charge in [-0.1, -0.05) is 5.21 Å². The van der Waals surface area contributed by atoms with Crippen LogP contribution in [0.15, 0.2) is 12.1 Å². The van der Waals surface area contributed by atoms with Crippen LogP contribution in [0.25, 0.3) is 11.0 Å². The number of aromatic nitrogens is 3. The van der Waals surface area contributed by atoms with Crippen molar-refractivity contribution in [3.63, 3.8) is 0 Å². The maximum atomic E-state index is 13.4. The third kappa shape index (κ3) is 1.74. The first kappa shape index (κ1) is 10.5. The molecule has 0 radical (unpaired) electrons. The Morgan fingerprint density at radius 1 is 1.47 bits per heavy atom. The molecule has 0 unspecified atom stereocenters. The van der Waals surface area contributed by atoms with Crippen LogP contribution in [0.2, 0.25) is 0 Å². The summed E-state index contributed by atoms with van der Waals surface area (Å²) in [5, 5.41) is 8.05. The molecule has 1 aromatic heterocycles. The lowest BCUT2D eigenvalue weighted by atomic mass is 10.0. The monoisotopic (exact) mass is 235 g/mol. The number of rotatable bonds is 2. The molecule has 0 atom stereocenters. The highest BCUT2D eigenvalue weighted by Crippen LogP contribution is 2.21. The molecule has 2 aromatic rings. The summed E-state index contributed by atoms with van der Waals surface area (Å²) in [6.45, 7) is 2.89. The molecule has 1 fully saturated rings. The number of nitrogens with zero attached hydrogens (tertiary/aromatic N) is 4. The van der Waals surface area contributed by atoms with Crippen LogP contribution in [0.4, 0.5) is 10.1 Å². The van der Waals surface area contributed by atoms with Crippen molar-refractivity contribution in [2.45, 2.75) is 6.54 Å². The lowest BCUT2D eigenvalue weighted by molar-refractivity contribution is 0.116. The molecule has 2 N–H and O–H groups in total. The number of nitrogen functional groups attached to an aromatic ring is 1. The summed E-state index contributed by atoms with van der Waals surface area (Å²) in [5.74, 6) is 0.164. The summed E-state index contributed by atoms with van der Waals surface area (Å²) in [5.41, 5.74) is 6.98. The van der Waals surface area contributed by atoms with Crippen molar-refractivity contribution in [3.05, 3.63) is 17.9 Å². The number of hydrogen-bond donors (Lipinski definition) is 1. The van der Waals surface area contributed by atoms with Gasteiger partial charge >= 0.3 is 0 Å². The van der Waals surface area contributed by atoms with Gasteiger partial charge in [0.15, 0.2) is 0 Å². The van der Waals surface area contributed by atoms with Crippen LogP contribution in [0.1, 0.15) is 0 Å². The Bertz CT molecular complexity index is 558. The molecule has 2 heterocycles. The molecule has 0 amide bonds. The first-order chi connectivity index (χ1) is 8.13. The van der Waals surface area contributed by atoms with Crippen molar-refractivity contribution >= 4 is 16.7 Å². The van der Waals surface area contributed by atoms with E-state index in [1.165, 1.54) is 12.1 Å². The highest BCUT2D eigenvalue weighted by Gasteiger charge is 2.24. The highest BCUT2D eigenvalue weighted by atomic mass is 19.1. The van der Waals surface area contributed by atoms with Crippen LogP contribution >= 0.6 is 0 Å². The molecule has 6 heteroatoms. The Morgan fingerprint density at radius 3 is 2.94 bits per heavy atom. The van der Waals surface area contributed by atoms with Gasteiger partial charge in [-0.05, 0) is 13.1 Å². The molecule has 17 heavy (non-hydrogen) atoms. The third-order valence-corrected chi connectivity index (χ3v) is 3.20. The van der Waals surface area contributed by atoms with Gasteiger partial charge in [-0.15, -0.1) is 5.10 Å². The van der Waals surface area contributed by atoms with E-state index in [1.54, 1.807) is 4.68 Å². The second kappa shape index (κ2) is 3.66. The van der Waals surface area contributed by atoms with Gasteiger partial charge in [0.2, 0.25) is 0 Å². The zero-order chi connectivity index (χ0) is 12.0. The van der Waals surface area contributed by atoms with E-state index < -0.39 is 5.82 Å². The van der Waals surface area contributed by atoms with Gasteiger partial charge in [0, 0.05) is 31.6 Å². The first-order valence-corrected chi connectivity index (χ1v) is 5.60. The summed E-state index contributed by atoms with van der Waals surface area (Å²) in [6, 6.07) is 2.94. The van der Waals surface area contributed by atoms with E-state index in [2.05, 4.69) is 22.3 Å². The Labute approximate surface area is 98.0 Å². The Balaban J connectivity index is 1.92. The van der Waals surface area contributed by atoms with Gasteiger partial charge in [0.25, 0.3) is 0 Å². The number of hydrogen-bond acceptors (Lipinski definition) is 4. The third-order valence-electron chi connectivity index (χ3n) is 3.20. The smallest absolute Gasteiger partial charge is 0.148 e. The summed E-state index contributed by atoms with van der Waals surface area (Å²) in [7, 11) is 2.08. The zero-order valence-corrected chi connectivity index (χ0v) is 9.60. The maximum Gasteiger partial charge on any atom is 0.148 e. The minimum Gasteiger partial charge on any atom is -0.396 e. The zero-order valence-electron chi connectivity index (χ0n) is 9.60. The Morgan fingerprint density at radius 2 is 2.24 bits per heavy atom. The molecule has 1 aliphatic heterocycles. The van der Waals surface area contributed by atoms with Crippen LogP contribution in [-0.4, -0.2) is 40.0 Å². The first-order valence-electron chi connectivity index (χ1n) is 5.60. The lowest BCUT2D eigenvalue weighted by Crippen LogP contribution is -2.45. The van der Waals surface area contributed by atoms with Gasteiger partial charge in [-0.3, -0.25) is 0 Å². The van der Waals surface area contributed by atoms with E-state index in [9.17, 15) is 4.39 Å². The fourth-order valence-electron chi connectivity index (χ4n) is 2.33. The normalized spacial score (nSPS) is 17.5. The predicted octanol–water partition coefficient (Wildman–Crippen LogP) is 0.714. The van der Waals surface area contributed by atoms with Gasteiger partial charge in [0.05, 0.1) is 11.2 Å². The van der Waals surface area contributed by atoms with E-state index in [-0.39, 0.29) is 5.69 Å². The average Bonchev–Trinajstić information content (AvgIpc) is 2.60. The van der Waals surface area contributed by atoms with E-state index in [4.69, 9.17) is 5.73 Å². The topological polar surface area (TPSA) is 60.0 Å². The summed E-state index contributed by atoms with van der Waals surface area (Å²) >= 11 is 0. The molecular weight excluding hydrogens is 221 g/mol. The number of nitrogens with two attached hydrogens (primary N) is 1. The van der Waals surface area contributed by atoms with Crippen molar-refractivity contribution in [2.24, 2.45) is 5.92 Å². The van der Waals surface area contributed by atoms with Gasteiger partial charge in [-0.2, -0.15) is 0 Å². The van der Waals surface area contributed by atoms with Crippen LogP contribution in [0.3, 0.4) is 0 Å². The summed E-state index contributed by atoms with van der Waals surface area (Å²) < 4.78 is 15.2. The van der Waals surface area contributed by atoms with E-state index in [0.717, 1.165) is 19.6 Å². The SMILES string of the molecule is CN1CC(Cn2nnc3cc(N)c(F)cc32)C1. The average molecular weight is 235 g/mol. The minimum atomic E-state index is -0.410. The van der Waals surface area contributed by atoms with Crippen molar-refractivity contribution in [1.82, 2.24) is 19.9 Å². The fraction of sp³-hybridized carbons (Fsp3) is 0.455. The van der Waals surface area contributed by atoms with Gasteiger partial charge in [0.1, 0.15) is 11.3 Å². The molecule has 90 valence electrons. The van der Waals surface area contributed by atoms with Gasteiger partial charge in [-0.25, -0.2) is 9.07 Å². The number of benzene rings is 1. The van der Waals surface area contributed by atoms with E-state index in [0.29, 0.717) is 17.0 Å². The summed E-state index contributed by atoms with van der Waals surface area (Å²) in [6.07, 6.45) is 0. The number of likely N-dealkylation sites (tertiary alicyclic amines) is 1. The largest absolute Gasteiger partial charge is 0.396 e. The molecule has 1 saturated heterocycles. The second-order valence-electron chi connectivity index (χ2n) is 4.72. The minimum absolute atomic E-state index is 0.118. The Hall–Kier alpha value is -1.69. The molecule has 5 nitrogen and oxygen atoms in total. The predicted molar refractivity (Wildman–Crippen MR) is 62.9 cm³/mol. The lowest BCUT2D eigenvalue weighted by Gasteiger charge is -2.35. The quantitative estimate of drug-likeness (QED) is 0.779. The number of fused-ring (bicyclic) bond motifs is 1. The molecule has 0 aliphatic carbocycles. The standard InChI is InChI=1S/C11H14FN5/c1-16-4-7(5-16)6-17-11-2-8(12)9(13)3-10(11)14-15-17/h2-3,7H,4-6,13H2,1H3. The van der Waals surface area contributed by atoms with Crippen LogP contribution in [-0.2, 0) is 6.54 Å². The molecular formula is C11H14FN5. The van der Waals surface area contributed by atoms with Crippen LogP contribution in [0.5, 0.6) is 0 Å². The molecule has 3 rings (SSSR count). The molecule has 1 aliphatic rings. The Kier molecular flexibility index (Phi) is 2.25. The second-order valence-corrected chi connectivity index (χ2v) is 4.72. The van der Waals surface area contributed by atoms with Gasteiger partial charge < -0.3 is 10.6 Å². The molecule has 0 saturated carbocycles. The maximum absolute atomic E-state index is 13.4. The van der Waals surface area contributed by atoms with Crippen LogP contribution < -0.4 is 5.73 Å².